The zero-order valence-electron chi connectivity index (χ0n) is 16.4. The normalized spacial score (nSPS) is 13.9. The van der Waals surface area contributed by atoms with Gasteiger partial charge in [0.25, 0.3) is 5.91 Å². The molecule has 0 bridgehead atoms. The number of sulfonamides is 1. The van der Waals surface area contributed by atoms with E-state index >= 15 is 0 Å². The molecular formula is C22H19N5O3S. The van der Waals surface area contributed by atoms with Gasteiger partial charge in [-0.3, -0.25) is 9.36 Å². The average Bonchev–Trinajstić information content (AvgIpc) is 3.48. The summed E-state index contributed by atoms with van der Waals surface area (Å²) in [5, 5.41) is 2.78. The Labute approximate surface area is 179 Å². The summed E-state index contributed by atoms with van der Waals surface area (Å²) in [7, 11) is -3.54. The highest BCUT2D eigenvalue weighted by Gasteiger charge is 2.28. The minimum atomic E-state index is -3.54. The van der Waals surface area contributed by atoms with Gasteiger partial charge in [0.2, 0.25) is 10.0 Å². The van der Waals surface area contributed by atoms with Gasteiger partial charge in [0.15, 0.2) is 0 Å². The molecule has 0 aliphatic heterocycles. The van der Waals surface area contributed by atoms with Crippen molar-refractivity contribution in [2.45, 2.75) is 23.8 Å². The molecule has 0 atom stereocenters. The van der Waals surface area contributed by atoms with E-state index in [1.807, 2.05) is 28.8 Å². The minimum absolute atomic E-state index is 0.0313. The van der Waals surface area contributed by atoms with Crippen molar-refractivity contribution in [3.8, 4) is 5.82 Å². The summed E-state index contributed by atoms with van der Waals surface area (Å²) in [6.07, 6.45) is 5.01. The molecule has 5 rings (SSSR count). The SMILES string of the molecule is O=C(Nc1ccc(-n2cnc3ccccc32)nc1)c1ccc(S(=O)(=O)NC2CC2)cc1. The Morgan fingerprint density at radius 1 is 0.968 bits per heavy atom. The number of nitrogens with zero attached hydrogens (tertiary/aromatic N) is 3. The first kappa shape index (κ1) is 19.4. The van der Waals surface area contributed by atoms with Crippen molar-refractivity contribution in [1.82, 2.24) is 19.3 Å². The van der Waals surface area contributed by atoms with E-state index in [2.05, 4.69) is 20.0 Å². The molecule has 0 saturated heterocycles. The Hall–Kier alpha value is -3.56. The molecule has 1 saturated carbocycles. The van der Waals surface area contributed by atoms with E-state index in [1.165, 1.54) is 24.3 Å². The van der Waals surface area contributed by atoms with Crippen LogP contribution in [0.1, 0.15) is 23.2 Å². The lowest BCUT2D eigenvalue weighted by Gasteiger charge is -2.08. The number of rotatable bonds is 6. The number of anilines is 1. The van der Waals surface area contributed by atoms with Crippen molar-refractivity contribution in [1.29, 1.82) is 0 Å². The number of aromatic nitrogens is 3. The molecule has 2 heterocycles. The number of imidazole rings is 1. The lowest BCUT2D eigenvalue weighted by atomic mass is 10.2. The van der Waals surface area contributed by atoms with Crippen LogP contribution in [0, 0.1) is 0 Å². The van der Waals surface area contributed by atoms with E-state index in [0.717, 1.165) is 23.9 Å². The molecule has 1 amide bonds. The maximum absolute atomic E-state index is 12.5. The number of hydrogen-bond acceptors (Lipinski definition) is 5. The van der Waals surface area contributed by atoms with E-state index < -0.39 is 10.0 Å². The molecule has 0 unspecified atom stereocenters. The average molecular weight is 433 g/mol. The van der Waals surface area contributed by atoms with Gasteiger partial charge in [-0.2, -0.15) is 0 Å². The second kappa shape index (κ2) is 7.60. The molecule has 31 heavy (non-hydrogen) atoms. The highest BCUT2D eigenvalue weighted by atomic mass is 32.2. The van der Waals surface area contributed by atoms with Crippen LogP contribution in [-0.2, 0) is 10.0 Å². The van der Waals surface area contributed by atoms with Crippen molar-refractivity contribution in [3.63, 3.8) is 0 Å². The standard InChI is InChI=1S/C22H19N5O3S/c28-22(15-5-10-18(11-6-15)31(29,30)26-16-7-8-16)25-17-9-12-21(23-13-17)27-14-24-19-3-1-2-4-20(19)27/h1-6,9-14,16,26H,7-8H2,(H,25,28). The van der Waals surface area contributed by atoms with Crippen molar-refractivity contribution < 1.29 is 13.2 Å². The number of carbonyl (C=O) groups is 1. The van der Waals surface area contributed by atoms with E-state index in [-0.39, 0.29) is 16.8 Å². The second-order valence-corrected chi connectivity index (χ2v) is 9.10. The molecule has 156 valence electrons. The number of carbonyl (C=O) groups excluding carboxylic acids is 1. The van der Waals surface area contributed by atoms with Crippen LogP contribution >= 0.6 is 0 Å². The van der Waals surface area contributed by atoms with Gasteiger partial charge >= 0.3 is 0 Å². The molecule has 9 heteroatoms. The van der Waals surface area contributed by atoms with Crippen LogP contribution in [0.4, 0.5) is 5.69 Å². The van der Waals surface area contributed by atoms with Crippen molar-refractivity contribution >= 4 is 32.7 Å². The Morgan fingerprint density at radius 2 is 1.74 bits per heavy atom. The third-order valence-electron chi connectivity index (χ3n) is 5.03. The van der Waals surface area contributed by atoms with Gasteiger partial charge in [-0.25, -0.2) is 23.1 Å². The van der Waals surface area contributed by atoms with Crippen LogP contribution in [0.3, 0.4) is 0 Å². The summed E-state index contributed by atoms with van der Waals surface area (Å²) in [5.74, 6) is 0.339. The number of pyridine rings is 1. The van der Waals surface area contributed by atoms with Gasteiger partial charge in [-0.1, -0.05) is 12.1 Å². The molecule has 1 aliphatic rings. The van der Waals surface area contributed by atoms with Crippen LogP contribution in [0.15, 0.2) is 78.1 Å². The number of benzene rings is 2. The largest absolute Gasteiger partial charge is 0.321 e. The van der Waals surface area contributed by atoms with Crippen LogP contribution < -0.4 is 10.0 Å². The first-order valence-corrected chi connectivity index (χ1v) is 11.3. The summed E-state index contributed by atoms with van der Waals surface area (Å²) < 4.78 is 29.0. The highest BCUT2D eigenvalue weighted by molar-refractivity contribution is 7.89. The Balaban J connectivity index is 1.29. The monoisotopic (exact) mass is 433 g/mol. The Kier molecular flexibility index (Phi) is 4.76. The third-order valence-corrected chi connectivity index (χ3v) is 6.57. The van der Waals surface area contributed by atoms with Gasteiger partial charge in [-0.05, 0) is 61.4 Å². The van der Waals surface area contributed by atoms with Gasteiger partial charge < -0.3 is 5.32 Å². The zero-order chi connectivity index (χ0) is 21.4. The smallest absolute Gasteiger partial charge is 0.255 e. The molecule has 4 aromatic rings. The Bertz CT molecular complexity index is 1360. The fourth-order valence-corrected chi connectivity index (χ4v) is 4.53. The van der Waals surface area contributed by atoms with Crippen LogP contribution in [0.5, 0.6) is 0 Å². The van der Waals surface area contributed by atoms with Crippen LogP contribution in [0.25, 0.3) is 16.9 Å². The van der Waals surface area contributed by atoms with Crippen molar-refractivity contribution in [2.24, 2.45) is 0 Å². The second-order valence-electron chi connectivity index (χ2n) is 7.38. The maximum atomic E-state index is 12.5. The first-order valence-electron chi connectivity index (χ1n) is 9.82. The number of amides is 1. The molecule has 2 aromatic carbocycles. The molecule has 8 nitrogen and oxygen atoms in total. The lowest BCUT2D eigenvalue weighted by molar-refractivity contribution is 0.102. The van der Waals surface area contributed by atoms with E-state index in [4.69, 9.17) is 0 Å². The quantitative estimate of drug-likeness (QED) is 0.486. The summed E-state index contributed by atoms with van der Waals surface area (Å²) >= 11 is 0. The summed E-state index contributed by atoms with van der Waals surface area (Å²) in [6.45, 7) is 0. The number of para-hydroxylation sites is 2. The summed E-state index contributed by atoms with van der Waals surface area (Å²) in [5.41, 5.74) is 2.71. The first-order chi connectivity index (χ1) is 15.0. The minimum Gasteiger partial charge on any atom is -0.321 e. The van der Waals surface area contributed by atoms with Gasteiger partial charge in [0.1, 0.15) is 12.1 Å². The fourth-order valence-electron chi connectivity index (χ4n) is 3.22. The van der Waals surface area contributed by atoms with E-state index in [0.29, 0.717) is 17.1 Å². The van der Waals surface area contributed by atoms with Gasteiger partial charge in [0, 0.05) is 11.6 Å². The van der Waals surface area contributed by atoms with E-state index in [1.54, 1.807) is 24.7 Å². The van der Waals surface area contributed by atoms with Gasteiger partial charge in [0.05, 0.1) is 27.8 Å². The van der Waals surface area contributed by atoms with Crippen LogP contribution in [-0.4, -0.2) is 34.9 Å². The number of nitrogens with one attached hydrogen (secondary N) is 2. The molecule has 2 N–H and O–H groups in total. The van der Waals surface area contributed by atoms with Crippen LogP contribution in [0.2, 0.25) is 0 Å². The molecule has 0 spiro atoms. The Morgan fingerprint density at radius 3 is 2.45 bits per heavy atom. The predicted molar refractivity (Wildman–Crippen MR) is 117 cm³/mol. The number of fused-ring (bicyclic) bond motifs is 1. The molecular weight excluding hydrogens is 414 g/mol. The molecule has 1 aliphatic carbocycles. The van der Waals surface area contributed by atoms with Crippen molar-refractivity contribution in [2.75, 3.05) is 5.32 Å². The topological polar surface area (TPSA) is 106 Å². The summed E-state index contributed by atoms with van der Waals surface area (Å²) in [6, 6.07) is 17.2. The highest BCUT2D eigenvalue weighted by Crippen LogP contribution is 2.22. The van der Waals surface area contributed by atoms with Gasteiger partial charge in [-0.15, -0.1) is 0 Å². The lowest BCUT2D eigenvalue weighted by Crippen LogP contribution is -2.25. The molecule has 1 fully saturated rings. The predicted octanol–water partition coefficient (Wildman–Crippen LogP) is 3.11. The summed E-state index contributed by atoms with van der Waals surface area (Å²) in [4.78, 5) is 21.5. The molecule has 0 radical (unpaired) electrons. The fraction of sp³-hybridized carbons (Fsp3) is 0.136. The molecule has 2 aromatic heterocycles. The van der Waals surface area contributed by atoms with Crippen molar-refractivity contribution in [3.05, 3.63) is 78.8 Å². The van der Waals surface area contributed by atoms with E-state index in [9.17, 15) is 13.2 Å². The maximum Gasteiger partial charge on any atom is 0.255 e. The number of hydrogen-bond donors (Lipinski definition) is 2. The zero-order valence-corrected chi connectivity index (χ0v) is 17.2. The third kappa shape index (κ3) is 4.05.